The fourth-order valence-corrected chi connectivity index (χ4v) is 4.89. The Hall–Kier alpha value is -1.86. The minimum Gasteiger partial charge on any atom is -0.372 e. The highest BCUT2D eigenvalue weighted by Crippen LogP contribution is 2.31. The number of benzene rings is 2. The molecule has 0 aliphatic rings. The number of nitrogens with zero attached hydrogens (tertiary/aromatic N) is 4. The summed E-state index contributed by atoms with van der Waals surface area (Å²) in [7, 11) is 0. The van der Waals surface area contributed by atoms with E-state index >= 15 is 0 Å². The van der Waals surface area contributed by atoms with Gasteiger partial charge in [0.1, 0.15) is 0 Å². The number of anilines is 2. The summed E-state index contributed by atoms with van der Waals surface area (Å²) in [4.78, 5) is 24.7. The maximum Gasteiger partial charge on any atom is 0.260 e. The Kier molecular flexibility index (Phi) is 10.2. The number of hydrogen-bond acceptors (Lipinski definition) is 5. The van der Waals surface area contributed by atoms with Crippen molar-refractivity contribution in [3.05, 3.63) is 53.1 Å². The zero-order valence-corrected chi connectivity index (χ0v) is 21.6. The van der Waals surface area contributed by atoms with Crippen LogP contribution in [-0.4, -0.2) is 55.1 Å². The van der Waals surface area contributed by atoms with Gasteiger partial charge in [0, 0.05) is 42.5 Å². The Morgan fingerprint density at radius 2 is 1.59 bits per heavy atom. The molecule has 0 bridgehead atoms. The second-order valence-electron chi connectivity index (χ2n) is 7.31. The molecular weight excluding hydrogens is 463 g/mol. The summed E-state index contributed by atoms with van der Waals surface area (Å²) in [5.41, 5.74) is 2.67. The summed E-state index contributed by atoms with van der Waals surface area (Å²) >= 11 is 7.67. The van der Waals surface area contributed by atoms with E-state index in [0.717, 1.165) is 48.6 Å². The zero-order chi connectivity index (χ0) is 22.4. The van der Waals surface area contributed by atoms with E-state index in [1.54, 1.807) is 0 Å². The molecule has 174 valence electrons. The number of likely N-dealkylation sites (N-methyl/N-ethyl adjacent to an activating group) is 1. The average molecular weight is 496 g/mol. The zero-order valence-electron chi connectivity index (χ0n) is 19.2. The predicted octanol–water partition coefficient (Wildman–Crippen LogP) is 6.21. The summed E-state index contributed by atoms with van der Waals surface area (Å²) in [6.07, 6.45) is 0. The molecule has 0 spiro atoms. The van der Waals surface area contributed by atoms with Gasteiger partial charge in [-0.05, 0) is 69.4 Å². The van der Waals surface area contributed by atoms with Crippen molar-refractivity contribution in [3.63, 3.8) is 0 Å². The van der Waals surface area contributed by atoms with Gasteiger partial charge in [0.05, 0.1) is 10.2 Å². The number of fused-ring (bicyclic) bond motifs is 1. The van der Waals surface area contributed by atoms with Crippen LogP contribution in [0.1, 0.15) is 38.1 Å². The van der Waals surface area contributed by atoms with Crippen LogP contribution in [0.25, 0.3) is 10.2 Å². The number of thiazole rings is 1. The van der Waals surface area contributed by atoms with Crippen LogP contribution in [0.5, 0.6) is 0 Å². The molecule has 0 fully saturated rings. The van der Waals surface area contributed by atoms with E-state index in [-0.39, 0.29) is 18.3 Å². The van der Waals surface area contributed by atoms with Crippen molar-refractivity contribution in [1.82, 2.24) is 9.88 Å². The average Bonchev–Trinajstić information content (AvgIpc) is 3.20. The lowest BCUT2D eigenvalue weighted by Gasteiger charge is -2.25. The molecule has 3 rings (SSSR count). The fraction of sp³-hybridized carbons (Fsp3) is 0.417. The molecule has 32 heavy (non-hydrogen) atoms. The van der Waals surface area contributed by atoms with E-state index < -0.39 is 0 Å². The maximum atomic E-state index is 13.5. The molecule has 5 nitrogen and oxygen atoms in total. The summed E-state index contributed by atoms with van der Waals surface area (Å²) in [5, 5.41) is 1.39. The topological polar surface area (TPSA) is 39.7 Å². The molecule has 0 saturated heterocycles. The van der Waals surface area contributed by atoms with Crippen LogP contribution in [0.4, 0.5) is 10.8 Å². The molecule has 0 saturated carbocycles. The van der Waals surface area contributed by atoms with E-state index in [1.807, 2.05) is 47.4 Å². The molecule has 0 atom stereocenters. The molecule has 0 N–H and O–H groups in total. The Labute approximate surface area is 206 Å². The Bertz CT molecular complexity index is 1000. The van der Waals surface area contributed by atoms with Gasteiger partial charge in [-0.2, -0.15) is 0 Å². The van der Waals surface area contributed by atoms with E-state index in [2.05, 4.69) is 37.5 Å². The van der Waals surface area contributed by atoms with Crippen LogP contribution in [0, 0.1) is 0 Å². The van der Waals surface area contributed by atoms with Crippen molar-refractivity contribution in [2.75, 3.05) is 49.1 Å². The third-order valence-electron chi connectivity index (χ3n) is 5.59. The van der Waals surface area contributed by atoms with Gasteiger partial charge in [-0.1, -0.05) is 36.8 Å². The van der Waals surface area contributed by atoms with Crippen LogP contribution in [-0.2, 0) is 0 Å². The minimum atomic E-state index is -0.0246. The van der Waals surface area contributed by atoms with Crippen molar-refractivity contribution < 1.29 is 4.79 Å². The number of hydrogen-bond donors (Lipinski definition) is 0. The Morgan fingerprint density at radius 1 is 0.938 bits per heavy atom. The molecule has 3 aromatic rings. The van der Waals surface area contributed by atoms with Crippen molar-refractivity contribution >= 4 is 62.3 Å². The van der Waals surface area contributed by atoms with Crippen LogP contribution in [0.2, 0.25) is 5.02 Å². The summed E-state index contributed by atoms with van der Waals surface area (Å²) in [6.45, 7) is 13.7. The smallest absolute Gasteiger partial charge is 0.260 e. The molecule has 2 aromatic carbocycles. The summed E-state index contributed by atoms with van der Waals surface area (Å²) in [5.74, 6) is -0.0246. The van der Waals surface area contributed by atoms with Crippen LogP contribution < -0.4 is 9.80 Å². The second-order valence-corrected chi connectivity index (χ2v) is 8.76. The third kappa shape index (κ3) is 6.13. The summed E-state index contributed by atoms with van der Waals surface area (Å²) in [6, 6.07) is 13.5. The van der Waals surface area contributed by atoms with E-state index in [1.165, 1.54) is 11.3 Å². The predicted molar refractivity (Wildman–Crippen MR) is 141 cm³/mol. The molecule has 8 heteroatoms. The van der Waals surface area contributed by atoms with E-state index in [4.69, 9.17) is 16.6 Å². The van der Waals surface area contributed by atoms with Crippen molar-refractivity contribution in [1.29, 1.82) is 0 Å². The second kappa shape index (κ2) is 12.4. The quantitative estimate of drug-likeness (QED) is 0.336. The number of aromatic nitrogens is 1. The summed E-state index contributed by atoms with van der Waals surface area (Å²) < 4.78 is 0.986. The highest BCUT2D eigenvalue weighted by atomic mass is 35.5. The SMILES string of the molecule is CCN(CC)CCN(C(=O)c1ccc(N(CC)CC)cc1)c1nc2ccc(Cl)cc2s1.Cl. The van der Waals surface area contributed by atoms with Gasteiger partial charge < -0.3 is 9.80 Å². The van der Waals surface area contributed by atoms with Crippen LogP contribution in [0.3, 0.4) is 0 Å². The van der Waals surface area contributed by atoms with Crippen LogP contribution >= 0.6 is 35.3 Å². The number of rotatable bonds is 10. The molecule has 0 unspecified atom stereocenters. The minimum absolute atomic E-state index is 0. The van der Waals surface area contributed by atoms with Gasteiger partial charge in [-0.3, -0.25) is 9.69 Å². The first-order valence-corrected chi connectivity index (χ1v) is 12.1. The van der Waals surface area contributed by atoms with Gasteiger partial charge in [-0.15, -0.1) is 12.4 Å². The van der Waals surface area contributed by atoms with Gasteiger partial charge in [0.2, 0.25) is 0 Å². The first-order chi connectivity index (χ1) is 15.0. The number of carbonyl (C=O) groups is 1. The van der Waals surface area contributed by atoms with Crippen LogP contribution in [0.15, 0.2) is 42.5 Å². The molecule has 0 radical (unpaired) electrons. The first-order valence-electron chi connectivity index (χ1n) is 11.0. The number of halogens is 2. The molecule has 0 aliphatic heterocycles. The largest absolute Gasteiger partial charge is 0.372 e. The Morgan fingerprint density at radius 3 is 2.19 bits per heavy atom. The van der Waals surface area contributed by atoms with Crippen molar-refractivity contribution in [2.45, 2.75) is 27.7 Å². The lowest BCUT2D eigenvalue weighted by Crippen LogP contribution is -2.38. The highest BCUT2D eigenvalue weighted by molar-refractivity contribution is 7.22. The van der Waals surface area contributed by atoms with Crippen molar-refractivity contribution in [2.24, 2.45) is 0 Å². The molecule has 1 aromatic heterocycles. The molecule has 1 heterocycles. The third-order valence-corrected chi connectivity index (χ3v) is 6.87. The number of carbonyl (C=O) groups excluding carboxylic acids is 1. The lowest BCUT2D eigenvalue weighted by molar-refractivity contribution is 0.0984. The lowest BCUT2D eigenvalue weighted by atomic mass is 10.1. The molecular formula is C24H32Cl2N4OS. The maximum absolute atomic E-state index is 13.5. The standard InChI is InChI=1S/C24H31ClN4OS.ClH/c1-5-27(6-2)15-16-29(24-26-21-14-11-19(25)17-22(21)31-24)23(30)18-9-12-20(13-10-18)28(7-3)8-4;/h9-14,17H,5-8,15-16H2,1-4H3;1H. The molecule has 0 aliphatic carbocycles. The van der Waals surface area contributed by atoms with Gasteiger partial charge >= 0.3 is 0 Å². The highest BCUT2D eigenvalue weighted by Gasteiger charge is 2.22. The van der Waals surface area contributed by atoms with E-state index in [9.17, 15) is 4.79 Å². The normalized spacial score (nSPS) is 10.9. The fourth-order valence-electron chi connectivity index (χ4n) is 3.63. The molecule has 1 amide bonds. The van der Waals surface area contributed by atoms with Gasteiger partial charge in [0.15, 0.2) is 5.13 Å². The van der Waals surface area contributed by atoms with Gasteiger partial charge in [-0.25, -0.2) is 4.98 Å². The van der Waals surface area contributed by atoms with Gasteiger partial charge in [0.25, 0.3) is 5.91 Å². The first kappa shape index (κ1) is 26.4. The number of amides is 1. The van der Waals surface area contributed by atoms with E-state index in [0.29, 0.717) is 22.3 Å². The monoisotopic (exact) mass is 494 g/mol. The van der Waals surface area contributed by atoms with Crippen molar-refractivity contribution in [3.8, 4) is 0 Å². The Balaban J connectivity index is 0.00000363.